The normalized spacial score (nSPS) is 19.4. The molecule has 1 atom stereocenters. The Bertz CT molecular complexity index is 537. The van der Waals surface area contributed by atoms with Crippen molar-refractivity contribution < 1.29 is 14.3 Å². The van der Waals surface area contributed by atoms with Gasteiger partial charge in [0.25, 0.3) is 0 Å². The minimum absolute atomic E-state index is 0.125. The number of nitrogens with zero attached hydrogens (tertiary/aromatic N) is 1. The predicted octanol–water partition coefficient (Wildman–Crippen LogP) is 3.42. The zero-order chi connectivity index (χ0) is 15.1. The zero-order valence-corrected chi connectivity index (χ0v) is 12.1. The fourth-order valence-electron chi connectivity index (χ4n) is 3.03. The molecule has 0 saturated heterocycles. The molecule has 0 spiro atoms. The van der Waals surface area contributed by atoms with Crippen LogP contribution >= 0.6 is 0 Å². The number of amides is 1. The van der Waals surface area contributed by atoms with E-state index in [4.69, 9.17) is 5.73 Å². The number of rotatable bonds is 0. The molecule has 0 saturated carbocycles. The molecule has 0 aliphatic carbocycles. The van der Waals surface area contributed by atoms with Gasteiger partial charge in [-0.05, 0) is 35.4 Å². The molecule has 1 heterocycles. The third-order valence-corrected chi connectivity index (χ3v) is 3.81. The minimum atomic E-state index is -0.963. The molecular formula is C15H21FN2O2. The maximum absolute atomic E-state index is 14.3. The highest BCUT2D eigenvalue weighted by Crippen LogP contribution is 2.42. The first-order valence-corrected chi connectivity index (χ1v) is 6.80. The van der Waals surface area contributed by atoms with Crippen molar-refractivity contribution in [1.29, 1.82) is 0 Å². The summed E-state index contributed by atoms with van der Waals surface area (Å²) in [4.78, 5) is 13.0. The Morgan fingerprint density at radius 3 is 2.65 bits per heavy atom. The fraction of sp³-hybridized carbons (Fsp3) is 0.533. The van der Waals surface area contributed by atoms with Crippen molar-refractivity contribution in [2.24, 2.45) is 5.41 Å². The Hall–Kier alpha value is -1.78. The molecule has 20 heavy (non-hydrogen) atoms. The number of hydrogen-bond donors (Lipinski definition) is 2. The smallest absolute Gasteiger partial charge is 0.407 e. The third kappa shape index (κ3) is 2.44. The maximum Gasteiger partial charge on any atom is 0.407 e. The second-order valence-corrected chi connectivity index (χ2v) is 6.38. The van der Waals surface area contributed by atoms with Gasteiger partial charge in [-0.15, -0.1) is 0 Å². The van der Waals surface area contributed by atoms with Crippen molar-refractivity contribution in [3.8, 4) is 0 Å². The average molecular weight is 280 g/mol. The molecule has 1 aromatic rings. The average Bonchev–Trinajstić information content (AvgIpc) is 2.52. The van der Waals surface area contributed by atoms with Gasteiger partial charge in [-0.1, -0.05) is 26.8 Å². The molecule has 0 fully saturated rings. The molecule has 4 nitrogen and oxygen atoms in total. The van der Waals surface area contributed by atoms with Gasteiger partial charge in [0.1, 0.15) is 5.82 Å². The number of anilines is 1. The quantitative estimate of drug-likeness (QED) is 0.715. The van der Waals surface area contributed by atoms with Crippen LogP contribution in [-0.2, 0) is 6.42 Å². The summed E-state index contributed by atoms with van der Waals surface area (Å²) >= 11 is 0. The Labute approximate surface area is 118 Å². The maximum atomic E-state index is 14.3. The van der Waals surface area contributed by atoms with E-state index in [1.165, 1.54) is 11.0 Å². The highest BCUT2D eigenvalue weighted by atomic mass is 19.1. The molecule has 0 aromatic heterocycles. The SMILES string of the molecule is CC(C)(C)C1c2ccc(N)c(F)c2CCCN1C(=O)O. The van der Waals surface area contributed by atoms with E-state index in [9.17, 15) is 14.3 Å². The molecule has 3 N–H and O–H groups in total. The summed E-state index contributed by atoms with van der Waals surface area (Å²) in [6, 6.07) is 2.93. The van der Waals surface area contributed by atoms with Crippen LogP contribution in [-0.4, -0.2) is 22.6 Å². The van der Waals surface area contributed by atoms with E-state index in [0.717, 1.165) is 5.56 Å². The number of hydrogen-bond acceptors (Lipinski definition) is 2. The lowest BCUT2D eigenvalue weighted by molar-refractivity contribution is 0.0837. The lowest BCUT2D eigenvalue weighted by atomic mass is 9.80. The topological polar surface area (TPSA) is 66.6 Å². The van der Waals surface area contributed by atoms with Gasteiger partial charge in [0.15, 0.2) is 0 Å². The molecule has 1 amide bonds. The fourth-order valence-corrected chi connectivity index (χ4v) is 3.03. The Morgan fingerprint density at radius 1 is 1.45 bits per heavy atom. The Kier molecular flexibility index (Phi) is 3.63. The molecule has 1 unspecified atom stereocenters. The first kappa shape index (κ1) is 14.6. The van der Waals surface area contributed by atoms with E-state index < -0.39 is 11.9 Å². The van der Waals surface area contributed by atoms with Crippen LogP contribution in [0.15, 0.2) is 12.1 Å². The number of fused-ring (bicyclic) bond motifs is 1. The summed E-state index contributed by atoms with van der Waals surface area (Å²) in [5.41, 5.74) is 6.75. The van der Waals surface area contributed by atoms with Crippen LogP contribution in [0.25, 0.3) is 0 Å². The van der Waals surface area contributed by atoms with Gasteiger partial charge in [-0.2, -0.15) is 0 Å². The van der Waals surface area contributed by atoms with E-state index in [-0.39, 0.29) is 17.1 Å². The summed E-state index contributed by atoms with van der Waals surface area (Å²) in [5, 5.41) is 9.45. The predicted molar refractivity (Wildman–Crippen MR) is 76.1 cm³/mol. The van der Waals surface area contributed by atoms with Crippen LogP contribution in [0.5, 0.6) is 0 Å². The monoisotopic (exact) mass is 280 g/mol. The number of carboxylic acid groups (broad SMARTS) is 1. The summed E-state index contributed by atoms with van der Waals surface area (Å²) in [6.07, 6.45) is 0.157. The van der Waals surface area contributed by atoms with Crippen molar-refractivity contribution in [2.75, 3.05) is 12.3 Å². The molecule has 110 valence electrons. The minimum Gasteiger partial charge on any atom is -0.465 e. The van der Waals surface area contributed by atoms with E-state index in [2.05, 4.69) is 0 Å². The largest absolute Gasteiger partial charge is 0.465 e. The molecule has 0 radical (unpaired) electrons. The lowest BCUT2D eigenvalue weighted by Gasteiger charge is -2.38. The van der Waals surface area contributed by atoms with E-state index >= 15 is 0 Å². The highest BCUT2D eigenvalue weighted by Gasteiger charge is 2.38. The third-order valence-electron chi connectivity index (χ3n) is 3.81. The number of halogens is 1. The summed E-state index contributed by atoms with van der Waals surface area (Å²) in [6.45, 7) is 6.32. The first-order valence-electron chi connectivity index (χ1n) is 6.80. The van der Waals surface area contributed by atoms with Gasteiger partial charge in [0.2, 0.25) is 0 Å². The highest BCUT2D eigenvalue weighted by molar-refractivity contribution is 5.66. The van der Waals surface area contributed by atoms with Gasteiger partial charge in [-0.3, -0.25) is 0 Å². The molecule has 5 heteroatoms. The van der Waals surface area contributed by atoms with Crippen molar-refractivity contribution in [3.05, 3.63) is 29.1 Å². The van der Waals surface area contributed by atoms with Crippen molar-refractivity contribution >= 4 is 11.8 Å². The molecule has 1 aromatic carbocycles. The van der Waals surface area contributed by atoms with Gasteiger partial charge in [0.05, 0.1) is 11.7 Å². The number of nitrogens with two attached hydrogens (primary N) is 1. The summed E-state index contributed by atoms with van der Waals surface area (Å²) in [7, 11) is 0. The summed E-state index contributed by atoms with van der Waals surface area (Å²) in [5.74, 6) is -0.399. The van der Waals surface area contributed by atoms with Gasteiger partial charge >= 0.3 is 6.09 Å². The van der Waals surface area contributed by atoms with E-state index in [0.29, 0.717) is 24.9 Å². The zero-order valence-electron chi connectivity index (χ0n) is 12.1. The van der Waals surface area contributed by atoms with Crippen LogP contribution in [0.1, 0.15) is 44.4 Å². The van der Waals surface area contributed by atoms with Crippen LogP contribution in [0.4, 0.5) is 14.9 Å². The molecule has 1 aliphatic heterocycles. The second-order valence-electron chi connectivity index (χ2n) is 6.38. The van der Waals surface area contributed by atoms with Gasteiger partial charge in [-0.25, -0.2) is 9.18 Å². The van der Waals surface area contributed by atoms with Crippen LogP contribution in [0.2, 0.25) is 0 Å². The van der Waals surface area contributed by atoms with E-state index in [1.807, 2.05) is 20.8 Å². The van der Waals surface area contributed by atoms with Crippen LogP contribution in [0, 0.1) is 11.2 Å². The van der Waals surface area contributed by atoms with Gasteiger partial charge in [0, 0.05) is 6.54 Å². The Balaban J connectivity index is 2.64. The number of benzene rings is 1. The molecular weight excluding hydrogens is 259 g/mol. The van der Waals surface area contributed by atoms with Crippen molar-refractivity contribution in [2.45, 2.75) is 39.7 Å². The van der Waals surface area contributed by atoms with E-state index in [1.54, 1.807) is 6.07 Å². The van der Waals surface area contributed by atoms with Crippen LogP contribution < -0.4 is 5.73 Å². The van der Waals surface area contributed by atoms with Crippen LogP contribution in [0.3, 0.4) is 0 Å². The standard InChI is InChI=1S/C15H21FN2O2/c1-15(2,3)13-10-6-7-11(17)12(16)9(10)5-4-8-18(13)14(19)20/h6-7,13H,4-5,8,17H2,1-3H3,(H,19,20). The van der Waals surface area contributed by atoms with Gasteiger partial charge < -0.3 is 15.7 Å². The number of carbonyl (C=O) groups is 1. The molecule has 2 rings (SSSR count). The van der Waals surface area contributed by atoms with Crippen molar-refractivity contribution in [1.82, 2.24) is 4.90 Å². The first-order chi connectivity index (χ1) is 9.23. The van der Waals surface area contributed by atoms with Crippen molar-refractivity contribution in [3.63, 3.8) is 0 Å². The molecule has 0 bridgehead atoms. The second kappa shape index (κ2) is 4.96. The lowest BCUT2D eigenvalue weighted by Crippen LogP contribution is -2.40. The summed E-state index contributed by atoms with van der Waals surface area (Å²) < 4.78 is 14.3. The number of nitrogen functional groups attached to an aromatic ring is 1. The Morgan fingerprint density at radius 2 is 2.10 bits per heavy atom. The molecule has 1 aliphatic rings.